The molecule has 1 aliphatic rings. The highest BCUT2D eigenvalue weighted by Crippen LogP contribution is 2.29. The number of urea groups is 1. The molecule has 2 heterocycles. The van der Waals surface area contributed by atoms with Crippen LogP contribution in [-0.4, -0.2) is 41.3 Å². The zero-order chi connectivity index (χ0) is 17.8. The molecule has 2 atom stereocenters. The van der Waals surface area contributed by atoms with Crippen LogP contribution in [0, 0.1) is 5.82 Å². The van der Waals surface area contributed by atoms with E-state index in [0.717, 1.165) is 18.5 Å². The van der Waals surface area contributed by atoms with E-state index in [0.29, 0.717) is 24.4 Å². The number of aromatic amines is 1. The van der Waals surface area contributed by atoms with E-state index in [1.165, 1.54) is 13.2 Å². The maximum Gasteiger partial charge on any atom is 0.317 e. The van der Waals surface area contributed by atoms with E-state index >= 15 is 0 Å². The van der Waals surface area contributed by atoms with Crippen LogP contribution in [-0.2, 0) is 0 Å². The number of H-pyrrole nitrogens is 1. The Hall–Kier alpha value is -2.57. The van der Waals surface area contributed by atoms with Crippen LogP contribution in [0.15, 0.2) is 30.5 Å². The Kier molecular flexibility index (Phi) is 5.21. The molecule has 1 saturated heterocycles. The molecule has 2 aromatic rings. The molecule has 0 saturated carbocycles. The van der Waals surface area contributed by atoms with Gasteiger partial charge < -0.3 is 15.0 Å². The molecule has 0 radical (unpaired) electrons. The number of amides is 2. The molecule has 2 unspecified atom stereocenters. The summed E-state index contributed by atoms with van der Waals surface area (Å²) in [6.07, 6.45) is 3.66. The van der Waals surface area contributed by atoms with Crippen molar-refractivity contribution in [2.45, 2.75) is 31.7 Å². The van der Waals surface area contributed by atoms with Crippen molar-refractivity contribution < 1.29 is 13.9 Å². The van der Waals surface area contributed by atoms with Crippen LogP contribution in [0.3, 0.4) is 0 Å². The fraction of sp³-hybridized carbons (Fsp3) is 0.444. The van der Waals surface area contributed by atoms with Crippen molar-refractivity contribution in [1.82, 2.24) is 20.4 Å². The van der Waals surface area contributed by atoms with Gasteiger partial charge in [0.25, 0.3) is 0 Å². The van der Waals surface area contributed by atoms with E-state index in [1.54, 1.807) is 30.2 Å². The van der Waals surface area contributed by atoms with E-state index in [9.17, 15) is 9.18 Å². The average molecular weight is 346 g/mol. The Balaban J connectivity index is 1.67. The van der Waals surface area contributed by atoms with Gasteiger partial charge in [-0.25, -0.2) is 9.18 Å². The first-order chi connectivity index (χ1) is 12.1. The van der Waals surface area contributed by atoms with Crippen molar-refractivity contribution in [3.8, 4) is 5.75 Å². The summed E-state index contributed by atoms with van der Waals surface area (Å²) < 4.78 is 19.4. The smallest absolute Gasteiger partial charge is 0.317 e. The summed E-state index contributed by atoms with van der Waals surface area (Å²) in [5.41, 5.74) is 1.40. The number of rotatable bonds is 4. The van der Waals surface area contributed by atoms with Gasteiger partial charge in [0, 0.05) is 30.9 Å². The minimum atomic E-state index is -0.490. The van der Waals surface area contributed by atoms with Gasteiger partial charge in [0.15, 0.2) is 0 Å². The molecule has 1 aliphatic heterocycles. The van der Waals surface area contributed by atoms with Gasteiger partial charge in [-0.2, -0.15) is 5.10 Å². The first kappa shape index (κ1) is 17.3. The second-order valence-electron chi connectivity index (χ2n) is 6.32. The van der Waals surface area contributed by atoms with Crippen molar-refractivity contribution in [1.29, 1.82) is 0 Å². The zero-order valence-electron chi connectivity index (χ0n) is 14.5. The molecule has 7 heteroatoms. The first-order valence-corrected chi connectivity index (χ1v) is 8.47. The molecule has 2 N–H and O–H groups in total. The fourth-order valence-corrected chi connectivity index (χ4v) is 3.37. The number of piperidine rings is 1. The van der Waals surface area contributed by atoms with E-state index in [-0.39, 0.29) is 17.8 Å². The Morgan fingerprint density at radius 2 is 2.32 bits per heavy atom. The summed E-state index contributed by atoms with van der Waals surface area (Å²) in [5.74, 6) is 0.295. The number of halogens is 1. The number of nitrogens with one attached hydrogen (secondary N) is 2. The number of likely N-dealkylation sites (tertiary alicyclic amines) is 1. The zero-order valence-corrected chi connectivity index (χ0v) is 14.5. The lowest BCUT2D eigenvalue weighted by molar-refractivity contribution is 0.175. The average Bonchev–Trinajstić information content (AvgIpc) is 3.16. The van der Waals surface area contributed by atoms with Gasteiger partial charge in [-0.05, 0) is 38.0 Å². The van der Waals surface area contributed by atoms with Crippen molar-refractivity contribution >= 4 is 6.03 Å². The molecule has 25 heavy (non-hydrogen) atoms. The van der Waals surface area contributed by atoms with Crippen molar-refractivity contribution in [2.75, 3.05) is 20.2 Å². The number of methoxy groups -OCH3 is 1. The fourth-order valence-electron chi connectivity index (χ4n) is 3.37. The van der Waals surface area contributed by atoms with Crippen LogP contribution in [0.2, 0.25) is 0 Å². The number of hydrogen-bond donors (Lipinski definition) is 2. The Morgan fingerprint density at radius 3 is 3.04 bits per heavy atom. The predicted molar refractivity (Wildman–Crippen MR) is 92.0 cm³/mol. The number of ether oxygens (including phenoxy) is 1. The number of aromatic nitrogens is 2. The molecule has 1 aromatic heterocycles. The molecule has 2 amide bonds. The van der Waals surface area contributed by atoms with Crippen LogP contribution in [0.25, 0.3) is 0 Å². The van der Waals surface area contributed by atoms with Gasteiger partial charge >= 0.3 is 6.03 Å². The highest BCUT2D eigenvalue weighted by molar-refractivity contribution is 5.75. The first-order valence-electron chi connectivity index (χ1n) is 8.47. The molecule has 134 valence electrons. The van der Waals surface area contributed by atoms with E-state index in [4.69, 9.17) is 4.74 Å². The quantitative estimate of drug-likeness (QED) is 0.893. The normalized spacial score (nSPS) is 18.7. The van der Waals surface area contributed by atoms with Crippen LogP contribution < -0.4 is 10.1 Å². The van der Waals surface area contributed by atoms with Gasteiger partial charge in [-0.3, -0.25) is 5.10 Å². The van der Waals surface area contributed by atoms with Gasteiger partial charge in [-0.15, -0.1) is 0 Å². The monoisotopic (exact) mass is 346 g/mol. The summed E-state index contributed by atoms with van der Waals surface area (Å²) >= 11 is 0. The summed E-state index contributed by atoms with van der Waals surface area (Å²) in [7, 11) is 1.49. The third kappa shape index (κ3) is 3.75. The van der Waals surface area contributed by atoms with Crippen molar-refractivity contribution in [3.63, 3.8) is 0 Å². The largest absolute Gasteiger partial charge is 0.496 e. The maximum absolute atomic E-state index is 14.2. The topological polar surface area (TPSA) is 70.2 Å². The number of carbonyl (C=O) groups excluding carboxylic acids is 1. The lowest BCUT2D eigenvalue weighted by Crippen LogP contribution is -2.45. The highest BCUT2D eigenvalue weighted by Gasteiger charge is 2.27. The number of carbonyl (C=O) groups is 1. The Bertz CT molecular complexity index is 720. The van der Waals surface area contributed by atoms with Gasteiger partial charge in [0.1, 0.15) is 11.6 Å². The summed E-state index contributed by atoms with van der Waals surface area (Å²) in [6.45, 7) is 3.07. The van der Waals surface area contributed by atoms with Crippen molar-refractivity contribution in [3.05, 3.63) is 47.5 Å². The second-order valence-corrected chi connectivity index (χ2v) is 6.32. The van der Waals surface area contributed by atoms with Gasteiger partial charge in [0.05, 0.1) is 18.7 Å². The third-order valence-electron chi connectivity index (χ3n) is 4.68. The van der Waals surface area contributed by atoms with Crippen molar-refractivity contribution in [2.24, 2.45) is 0 Å². The molecular weight excluding hydrogens is 323 g/mol. The van der Waals surface area contributed by atoms with Crippen LogP contribution >= 0.6 is 0 Å². The molecule has 0 aliphatic carbocycles. The summed E-state index contributed by atoms with van der Waals surface area (Å²) in [6, 6.07) is 5.91. The number of hydrogen-bond acceptors (Lipinski definition) is 3. The van der Waals surface area contributed by atoms with Crippen LogP contribution in [0.5, 0.6) is 5.75 Å². The van der Waals surface area contributed by atoms with Crippen LogP contribution in [0.4, 0.5) is 9.18 Å². The SMILES string of the molecule is COc1cccc(F)c1C(C)NC(=O)N1CCCC(c2ccn[nH]2)C1. The standard InChI is InChI=1S/C18H23FN4O2/c1-12(17-14(19)6-3-7-16(17)25-2)21-18(24)23-10-4-5-13(11-23)15-8-9-20-22-15/h3,6-9,12-13H,4-5,10-11H2,1-2H3,(H,20,22)(H,21,24). The minimum absolute atomic E-state index is 0.193. The summed E-state index contributed by atoms with van der Waals surface area (Å²) in [4.78, 5) is 14.4. The summed E-state index contributed by atoms with van der Waals surface area (Å²) in [5, 5.41) is 9.85. The lowest BCUT2D eigenvalue weighted by atomic mass is 9.95. The molecule has 6 nitrogen and oxygen atoms in total. The van der Waals surface area contributed by atoms with Gasteiger partial charge in [-0.1, -0.05) is 6.07 Å². The highest BCUT2D eigenvalue weighted by atomic mass is 19.1. The maximum atomic E-state index is 14.2. The van der Waals surface area contributed by atoms with E-state index in [2.05, 4.69) is 15.5 Å². The molecule has 1 fully saturated rings. The predicted octanol–water partition coefficient (Wildman–Crippen LogP) is 3.21. The third-order valence-corrected chi connectivity index (χ3v) is 4.68. The minimum Gasteiger partial charge on any atom is -0.496 e. The molecule has 0 spiro atoms. The Labute approximate surface area is 146 Å². The van der Waals surface area contributed by atoms with Gasteiger partial charge in [0.2, 0.25) is 0 Å². The second kappa shape index (κ2) is 7.55. The number of nitrogens with zero attached hydrogens (tertiary/aromatic N) is 2. The molecule has 3 rings (SSSR count). The molecular formula is C18H23FN4O2. The lowest BCUT2D eigenvalue weighted by Gasteiger charge is -2.33. The number of benzene rings is 1. The van der Waals surface area contributed by atoms with E-state index in [1.807, 2.05) is 6.07 Å². The Morgan fingerprint density at radius 1 is 1.48 bits per heavy atom. The van der Waals surface area contributed by atoms with E-state index < -0.39 is 6.04 Å². The van der Waals surface area contributed by atoms with Crippen LogP contribution in [0.1, 0.15) is 43.0 Å². The molecule has 1 aromatic carbocycles. The molecule has 0 bridgehead atoms.